The highest BCUT2D eigenvalue weighted by molar-refractivity contribution is 5.26. The predicted molar refractivity (Wildman–Crippen MR) is 80.6 cm³/mol. The van der Waals surface area contributed by atoms with Crippen LogP contribution in [0.25, 0.3) is 0 Å². The third-order valence-electron chi connectivity index (χ3n) is 3.96. The van der Waals surface area contributed by atoms with Gasteiger partial charge in [0.1, 0.15) is 0 Å². The van der Waals surface area contributed by atoms with Crippen LogP contribution in [0.2, 0.25) is 0 Å². The van der Waals surface area contributed by atoms with Gasteiger partial charge in [-0.3, -0.25) is 4.68 Å². The summed E-state index contributed by atoms with van der Waals surface area (Å²) in [5.74, 6) is 0.676. The van der Waals surface area contributed by atoms with Crippen LogP contribution >= 0.6 is 0 Å². The average Bonchev–Trinajstić information content (AvgIpc) is 3.07. The maximum atomic E-state index is 4.74. The molecule has 19 heavy (non-hydrogen) atoms. The fourth-order valence-electron chi connectivity index (χ4n) is 2.70. The fourth-order valence-corrected chi connectivity index (χ4v) is 2.70. The van der Waals surface area contributed by atoms with E-state index in [-0.39, 0.29) is 5.54 Å². The second-order valence-corrected chi connectivity index (χ2v) is 7.22. The largest absolute Gasteiger partial charge is 0.314 e. The minimum Gasteiger partial charge on any atom is -0.314 e. The van der Waals surface area contributed by atoms with Gasteiger partial charge in [-0.2, -0.15) is 5.10 Å². The number of rotatable bonds is 5. The molecule has 1 atom stereocenters. The third-order valence-corrected chi connectivity index (χ3v) is 3.96. The standard InChI is InChI=1S/C16H29N3/c1-11(10-17-14-7-8-14)9-15-12(2)18-19(13(15)3)16(4,5)6/h11,14,17H,7-10H2,1-6H3. The Balaban J connectivity index is 2.04. The van der Waals surface area contributed by atoms with Crippen molar-refractivity contribution in [2.75, 3.05) is 6.54 Å². The molecule has 1 aromatic rings. The van der Waals surface area contributed by atoms with Gasteiger partial charge in [0.05, 0.1) is 11.2 Å². The number of hydrogen-bond donors (Lipinski definition) is 1. The molecule has 3 nitrogen and oxygen atoms in total. The van der Waals surface area contributed by atoms with Crippen molar-refractivity contribution in [2.45, 2.75) is 72.4 Å². The molecule has 0 aliphatic heterocycles. The number of nitrogens with zero attached hydrogens (tertiary/aromatic N) is 2. The Labute approximate surface area is 117 Å². The summed E-state index contributed by atoms with van der Waals surface area (Å²) in [7, 11) is 0. The Morgan fingerprint density at radius 3 is 2.42 bits per heavy atom. The minimum absolute atomic E-state index is 0.0720. The molecule has 0 aromatic carbocycles. The molecule has 1 aromatic heterocycles. The Morgan fingerprint density at radius 1 is 1.32 bits per heavy atom. The lowest BCUT2D eigenvalue weighted by Crippen LogP contribution is -2.25. The molecule has 0 amide bonds. The zero-order valence-corrected chi connectivity index (χ0v) is 13.4. The Kier molecular flexibility index (Phi) is 4.05. The molecule has 1 N–H and O–H groups in total. The van der Waals surface area contributed by atoms with Crippen molar-refractivity contribution in [1.29, 1.82) is 0 Å². The van der Waals surface area contributed by atoms with Gasteiger partial charge in [-0.15, -0.1) is 0 Å². The molecule has 2 rings (SSSR count). The lowest BCUT2D eigenvalue weighted by atomic mass is 9.99. The maximum Gasteiger partial charge on any atom is 0.0628 e. The van der Waals surface area contributed by atoms with E-state index >= 15 is 0 Å². The number of aryl methyl sites for hydroxylation is 1. The summed E-state index contributed by atoms with van der Waals surface area (Å²) in [6.07, 6.45) is 3.87. The van der Waals surface area contributed by atoms with Crippen LogP contribution in [0.3, 0.4) is 0 Å². The average molecular weight is 263 g/mol. The molecule has 0 radical (unpaired) electrons. The summed E-state index contributed by atoms with van der Waals surface area (Å²) in [4.78, 5) is 0. The van der Waals surface area contributed by atoms with Gasteiger partial charge < -0.3 is 5.32 Å². The van der Waals surface area contributed by atoms with E-state index in [1.54, 1.807) is 0 Å². The van der Waals surface area contributed by atoms with Crippen LogP contribution in [-0.4, -0.2) is 22.4 Å². The third kappa shape index (κ3) is 3.59. The zero-order valence-electron chi connectivity index (χ0n) is 13.4. The summed E-state index contributed by atoms with van der Waals surface area (Å²) in [6.45, 7) is 14.5. The molecule has 108 valence electrons. The topological polar surface area (TPSA) is 29.9 Å². The predicted octanol–water partition coefficient (Wildman–Crippen LogP) is 3.19. The highest BCUT2D eigenvalue weighted by Crippen LogP contribution is 2.24. The number of nitrogens with one attached hydrogen (secondary N) is 1. The Bertz CT molecular complexity index is 436. The molecule has 1 aliphatic rings. The van der Waals surface area contributed by atoms with Gasteiger partial charge in [0.25, 0.3) is 0 Å². The number of hydrogen-bond acceptors (Lipinski definition) is 2. The Morgan fingerprint density at radius 2 is 1.95 bits per heavy atom. The van der Waals surface area contributed by atoms with Crippen LogP contribution in [0.5, 0.6) is 0 Å². The van der Waals surface area contributed by atoms with Crippen molar-refractivity contribution in [3.8, 4) is 0 Å². The van der Waals surface area contributed by atoms with Crippen LogP contribution in [0, 0.1) is 19.8 Å². The second-order valence-electron chi connectivity index (χ2n) is 7.22. The van der Waals surface area contributed by atoms with Crippen LogP contribution < -0.4 is 5.32 Å². The van der Waals surface area contributed by atoms with E-state index in [9.17, 15) is 0 Å². The quantitative estimate of drug-likeness (QED) is 0.884. The normalized spacial score (nSPS) is 17.8. The van der Waals surface area contributed by atoms with Gasteiger partial charge in [0, 0.05) is 11.7 Å². The monoisotopic (exact) mass is 263 g/mol. The van der Waals surface area contributed by atoms with E-state index in [0.717, 1.165) is 19.0 Å². The zero-order chi connectivity index (χ0) is 14.2. The fraction of sp³-hybridized carbons (Fsp3) is 0.812. The Hall–Kier alpha value is -0.830. The second kappa shape index (κ2) is 5.28. The molecule has 3 heteroatoms. The van der Waals surface area contributed by atoms with Crippen molar-refractivity contribution < 1.29 is 0 Å². The van der Waals surface area contributed by atoms with E-state index in [1.165, 1.54) is 29.8 Å². The van der Waals surface area contributed by atoms with Crippen LogP contribution in [0.1, 0.15) is 57.5 Å². The van der Waals surface area contributed by atoms with Crippen LogP contribution in [-0.2, 0) is 12.0 Å². The first-order valence-corrected chi connectivity index (χ1v) is 7.58. The van der Waals surface area contributed by atoms with Crippen LogP contribution in [0.4, 0.5) is 0 Å². The molecule has 0 bridgehead atoms. The van der Waals surface area contributed by atoms with Gasteiger partial charge in [-0.1, -0.05) is 6.92 Å². The van der Waals surface area contributed by atoms with Crippen molar-refractivity contribution in [3.05, 3.63) is 17.0 Å². The van der Waals surface area contributed by atoms with Crippen molar-refractivity contribution in [1.82, 2.24) is 15.1 Å². The molecule has 1 saturated carbocycles. The molecule has 1 aliphatic carbocycles. The van der Waals surface area contributed by atoms with Gasteiger partial charge in [-0.05, 0) is 71.9 Å². The molecule has 1 fully saturated rings. The van der Waals surface area contributed by atoms with E-state index in [2.05, 4.69) is 51.5 Å². The molecule has 0 saturated heterocycles. The first-order chi connectivity index (χ1) is 8.79. The van der Waals surface area contributed by atoms with Crippen molar-refractivity contribution >= 4 is 0 Å². The first-order valence-electron chi connectivity index (χ1n) is 7.58. The highest BCUT2D eigenvalue weighted by atomic mass is 15.3. The van der Waals surface area contributed by atoms with Gasteiger partial charge in [0.15, 0.2) is 0 Å². The van der Waals surface area contributed by atoms with E-state index in [1.807, 2.05) is 0 Å². The van der Waals surface area contributed by atoms with Gasteiger partial charge in [-0.25, -0.2) is 0 Å². The number of aromatic nitrogens is 2. The van der Waals surface area contributed by atoms with Crippen molar-refractivity contribution in [2.24, 2.45) is 5.92 Å². The molecule has 1 heterocycles. The smallest absolute Gasteiger partial charge is 0.0628 e. The summed E-state index contributed by atoms with van der Waals surface area (Å²) in [6, 6.07) is 0.807. The molecule has 0 spiro atoms. The summed E-state index contributed by atoms with van der Waals surface area (Å²) < 4.78 is 2.18. The van der Waals surface area contributed by atoms with E-state index < -0.39 is 0 Å². The van der Waals surface area contributed by atoms with Crippen molar-refractivity contribution in [3.63, 3.8) is 0 Å². The first kappa shape index (κ1) is 14.6. The highest BCUT2D eigenvalue weighted by Gasteiger charge is 2.23. The summed E-state index contributed by atoms with van der Waals surface area (Å²) >= 11 is 0. The van der Waals surface area contributed by atoms with E-state index in [4.69, 9.17) is 5.10 Å². The SMILES string of the molecule is Cc1nn(C(C)(C)C)c(C)c1CC(C)CNC1CC1. The molecule has 1 unspecified atom stereocenters. The van der Waals surface area contributed by atoms with Gasteiger partial charge in [0.2, 0.25) is 0 Å². The maximum absolute atomic E-state index is 4.74. The lowest BCUT2D eigenvalue weighted by Gasteiger charge is -2.22. The van der Waals surface area contributed by atoms with Crippen LogP contribution in [0.15, 0.2) is 0 Å². The van der Waals surface area contributed by atoms with Gasteiger partial charge >= 0.3 is 0 Å². The lowest BCUT2D eigenvalue weighted by molar-refractivity contribution is 0.346. The van der Waals surface area contributed by atoms with E-state index in [0.29, 0.717) is 5.92 Å². The molecular formula is C16H29N3. The summed E-state index contributed by atoms with van der Waals surface area (Å²) in [5.41, 5.74) is 4.05. The molecular weight excluding hydrogens is 234 g/mol. The minimum atomic E-state index is 0.0720. The summed E-state index contributed by atoms with van der Waals surface area (Å²) in [5, 5.41) is 8.36.